The molecule has 1 aliphatic heterocycles. The van der Waals surface area contributed by atoms with Gasteiger partial charge in [-0.2, -0.15) is 0 Å². The number of ether oxygens (including phenoxy) is 1. The molecule has 8 heteroatoms. The number of fused-ring (bicyclic) bond motifs is 2. The van der Waals surface area contributed by atoms with Gasteiger partial charge in [0, 0.05) is 35.6 Å². The highest BCUT2D eigenvalue weighted by Crippen LogP contribution is 2.56. The molecule has 0 spiro atoms. The summed E-state index contributed by atoms with van der Waals surface area (Å²) in [4.78, 5) is 11.0. The van der Waals surface area contributed by atoms with Crippen LogP contribution in [0.1, 0.15) is 12.0 Å². The van der Waals surface area contributed by atoms with Crippen LogP contribution in [0.5, 0.6) is 0 Å². The van der Waals surface area contributed by atoms with Gasteiger partial charge in [-0.05, 0) is 50.8 Å². The Labute approximate surface area is 209 Å². The third-order valence-electron chi connectivity index (χ3n) is 6.36. The summed E-state index contributed by atoms with van der Waals surface area (Å²) < 4.78 is 19.2. The number of hydrogen-bond acceptors (Lipinski definition) is 6. The quantitative estimate of drug-likeness (QED) is 0.355. The molecule has 2 aliphatic rings. The van der Waals surface area contributed by atoms with Crippen molar-refractivity contribution in [3.63, 3.8) is 0 Å². The summed E-state index contributed by atoms with van der Waals surface area (Å²) in [7, 11) is 4.07. The van der Waals surface area contributed by atoms with Gasteiger partial charge in [-0.1, -0.05) is 35.6 Å². The first-order valence-corrected chi connectivity index (χ1v) is 12.0. The minimum absolute atomic E-state index is 0.0120. The summed E-state index contributed by atoms with van der Waals surface area (Å²) in [5, 5.41) is 7.60. The molecule has 2 atom stereocenters. The number of rotatable bonds is 7. The largest absolute Gasteiger partial charge is 0.381 e. The normalized spacial score (nSPS) is 20.7. The lowest BCUT2D eigenvalue weighted by Gasteiger charge is -2.13. The molecule has 2 fully saturated rings. The second-order valence-corrected chi connectivity index (χ2v) is 9.74. The fourth-order valence-electron chi connectivity index (χ4n) is 4.24. The molecular formula is C27H27ClFN5O. The fourth-order valence-corrected chi connectivity index (χ4v) is 4.42. The van der Waals surface area contributed by atoms with Gasteiger partial charge in [0.05, 0.1) is 34.9 Å². The lowest BCUT2D eigenvalue weighted by atomic mass is 10.0. The Hall–Kier alpha value is -3.18. The van der Waals surface area contributed by atoms with Crippen LogP contribution in [0.3, 0.4) is 0 Å². The van der Waals surface area contributed by atoms with Crippen molar-refractivity contribution >= 4 is 39.7 Å². The van der Waals surface area contributed by atoms with Crippen LogP contribution in [0.25, 0.3) is 10.9 Å². The zero-order chi connectivity index (χ0) is 24.4. The molecule has 1 aliphatic carbocycles. The first-order chi connectivity index (χ1) is 16.9. The first-order valence-electron chi connectivity index (χ1n) is 11.6. The maximum absolute atomic E-state index is 13.6. The molecule has 6 nitrogen and oxygen atoms in total. The Morgan fingerprint density at radius 2 is 2.14 bits per heavy atom. The second-order valence-electron chi connectivity index (χ2n) is 9.33. The van der Waals surface area contributed by atoms with Gasteiger partial charge < -0.3 is 20.3 Å². The molecule has 1 saturated heterocycles. The van der Waals surface area contributed by atoms with Crippen LogP contribution in [0, 0.1) is 29.0 Å². The van der Waals surface area contributed by atoms with Gasteiger partial charge in [0.1, 0.15) is 18.0 Å². The minimum Gasteiger partial charge on any atom is -0.381 e. The highest BCUT2D eigenvalue weighted by atomic mass is 35.5. The summed E-state index contributed by atoms with van der Waals surface area (Å²) >= 11 is 5.96. The number of nitrogens with one attached hydrogen (secondary N) is 2. The average molecular weight is 492 g/mol. The van der Waals surface area contributed by atoms with Crippen molar-refractivity contribution < 1.29 is 9.13 Å². The Morgan fingerprint density at radius 1 is 1.26 bits per heavy atom. The topological polar surface area (TPSA) is 62.3 Å². The molecule has 3 aromatic rings. The summed E-state index contributed by atoms with van der Waals surface area (Å²) in [5.74, 6) is 7.59. The Balaban J connectivity index is 1.48. The van der Waals surface area contributed by atoms with Crippen LogP contribution < -0.4 is 10.6 Å². The standard InChI is InChI=1S/C27H27ClFN5O/c1-34(2)10-4-3-9-30-24-13-21-25(11-18(24)7-8-27-14-19(27)15-35-16-27)31-17-32-26(21)33-20-5-6-23(29)22(28)12-20/h3-6,11-13,17,19,30H,9-10,14-16H2,1-2H3,(H,31,32,33)/b4-3+. The van der Waals surface area contributed by atoms with E-state index in [0.29, 0.717) is 30.6 Å². The smallest absolute Gasteiger partial charge is 0.141 e. The third kappa shape index (κ3) is 5.25. The van der Waals surface area contributed by atoms with E-state index in [1.165, 1.54) is 18.5 Å². The minimum atomic E-state index is -0.466. The van der Waals surface area contributed by atoms with Crippen molar-refractivity contribution in [2.24, 2.45) is 11.3 Å². The average Bonchev–Trinajstić information content (AvgIpc) is 3.38. The predicted octanol–water partition coefficient (Wildman–Crippen LogP) is 5.08. The molecule has 1 aromatic heterocycles. The van der Waals surface area contributed by atoms with Gasteiger partial charge in [-0.3, -0.25) is 0 Å². The predicted molar refractivity (Wildman–Crippen MR) is 139 cm³/mol. The van der Waals surface area contributed by atoms with Gasteiger partial charge >= 0.3 is 0 Å². The third-order valence-corrected chi connectivity index (χ3v) is 6.65. The fraction of sp³-hybridized carbons (Fsp3) is 0.333. The van der Waals surface area contributed by atoms with Gasteiger partial charge in [-0.25, -0.2) is 14.4 Å². The highest BCUT2D eigenvalue weighted by molar-refractivity contribution is 6.31. The van der Waals surface area contributed by atoms with Gasteiger partial charge in [-0.15, -0.1) is 0 Å². The van der Waals surface area contributed by atoms with E-state index in [-0.39, 0.29) is 10.4 Å². The van der Waals surface area contributed by atoms with E-state index in [1.54, 1.807) is 6.07 Å². The number of aromatic nitrogens is 2. The van der Waals surface area contributed by atoms with Crippen LogP contribution in [-0.2, 0) is 4.74 Å². The number of anilines is 3. The molecule has 1 saturated carbocycles. The molecule has 35 heavy (non-hydrogen) atoms. The lowest BCUT2D eigenvalue weighted by Crippen LogP contribution is -2.11. The molecule has 2 heterocycles. The van der Waals surface area contributed by atoms with Crippen molar-refractivity contribution in [3.05, 3.63) is 65.2 Å². The van der Waals surface area contributed by atoms with E-state index in [9.17, 15) is 4.39 Å². The SMILES string of the molecule is CN(C)C/C=C/CNc1cc2c(Nc3ccc(F)c(Cl)c3)ncnc2cc1C#CC12COCC1C2. The molecule has 0 radical (unpaired) electrons. The van der Waals surface area contributed by atoms with E-state index in [2.05, 4.69) is 49.5 Å². The molecular weight excluding hydrogens is 465 g/mol. The zero-order valence-corrected chi connectivity index (χ0v) is 20.5. The Kier molecular flexibility index (Phi) is 6.61. The zero-order valence-electron chi connectivity index (χ0n) is 19.7. The van der Waals surface area contributed by atoms with Crippen molar-refractivity contribution in [2.45, 2.75) is 6.42 Å². The van der Waals surface area contributed by atoms with Crippen molar-refractivity contribution in [3.8, 4) is 11.8 Å². The summed E-state index contributed by atoms with van der Waals surface area (Å²) in [6.45, 7) is 3.06. The number of benzene rings is 2. The summed E-state index contributed by atoms with van der Waals surface area (Å²) in [6.07, 6.45) is 6.84. The lowest BCUT2D eigenvalue weighted by molar-refractivity contribution is 0.157. The number of nitrogens with zero attached hydrogens (tertiary/aromatic N) is 3. The first kappa shape index (κ1) is 23.6. The highest BCUT2D eigenvalue weighted by Gasteiger charge is 2.57. The summed E-state index contributed by atoms with van der Waals surface area (Å²) in [5.41, 5.74) is 3.21. The molecule has 2 unspecified atom stereocenters. The summed E-state index contributed by atoms with van der Waals surface area (Å²) in [6, 6.07) is 8.49. The molecule has 0 amide bonds. The van der Waals surface area contributed by atoms with E-state index in [0.717, 1.165) is 41.7 Å². The molecule has 0 bridgehead atoms. The molecule has 2 N–H and O–H groups in total. The molecule has 180 valence electrons. The van der Waals surface area contributed by atoms with Crippen LogP contribution in [0.4, 0.5) is 21.6 Å². The van der Waals surface area contributed by atoms with E-state index in [4.69, 9.17) is 16.3 Å². The van der Waals surface area contributed by atoms with Crippen molar-refractivity contribution in [1.82, 2.24) is 14.9 Å². The number of hydrogen-bond donors (Lipinski definition) is 2. The van der Waals surface area contributed by atoms with Gasteiger partial charge in [0.2, 0.25) is 0 Å². The van der Waals surface area contributed by atoms with E-state index < -0.39 is 5.82 Å². The maximum Gasteiger partial charge on any atom is 0.141 e. The van der Waals surface area contributed by atoms with Crippen LogP contribution in [-0.4, -0.2) is 55.3 Å². The van der Waals surface area contributed by atoms with Crippen LogP contribution >= 0.6 is 11.6 Å². The van der Waals surface area contributed by atoms with Gasteiger partial charge in [0.25, 0.3) is 0 Å². The second kappa shape index (κ2) is 9.82. The Bertz CT molecular complexity index is 1350. The monoisotopic (exact) mass is 491 g/mol. The van der Waals surface area contributed by atoms with E-state index in [1.807, 2.05) is 26.2 Å². The maximum atomic E-state index is 13.6. The van der Waals surface area contributed by atoms with Crippen molar-refractivity contribution in [1.29, 1.82) is 0 Å². The van der Waals surface area contributed by atoms with E-state index >= 15 is 0 Å². The molecule has 2 aromatic carbocycles. The van der Waals surface area contributed by atoms with Gasteiger partial charge in [0.15, 0.2) is 0 Å². The number of halogens is 2. The van der Waals surface area contributed by atoms with Crippen molar-refractivity contribution in [2.75, 3.05) is 51.0 Å². The Morgan fingerprint density at radius 3 is 2.89 bits per heavy atom. The van der Waals surface area contributed by atoms with Crippen LogP contribution in [0.2, 0.25) is 5.02 Å². The molecule has 5 rings (SSSR count). The number of likely N-dealkylation sites (N-methyl/N-ethyl adjacent to an activating group) is 1. The van der Waals surface area contributed by atoms with Crippen LogP contribution in [0.15, 0.2) is 48.8 Å².